The van der Waals surface area contributed by atoms with E-state index in [1.165, 1.54) is 0 Å². The van der Waals surface area contributed by atoms with Crippen molar-refractivity contribution in [1.29, 1.82) is 0 Å². The molecule has 1 fully saturated rings. The van der Waals surface area contributed by atoms with Crippen molar-refractivity contribution in [3.63, 3.8) is 0 Å². The second-order valence-electron chi connectivity index (χ2n) is 7.62. The van der Waals surface area contributed by atoms with E-state index < -0.39 is 0 Å². The smallest absolute Gasteiger partial charge is 0.330 e. The lowest BCUT2D eigenvalue weighted by molar-refractivity contribution is 0.0788. The van der Waals surface area contributed by atoms with Gasteiger partial charge in [-0.2, -0.15) is 0 Å². The number of aromatic amines is 1. The van der Waals surface area contributed by atoms with Crippen LogP contribution < -0.4 is 5.69 Å². The number of rotatable bonds is 5. The number of benzene rings is 1. The van der Waals surface area contributed by atoms with Gasteiger partial charge in [-0.1, -0.05) is 6.07 Å². The summed E-state index contributed by atoms with van der Waals surface area (Å²) >= 11 is 0. The van der Waals surface area contributed by atoms with Gasteiger partial charge < -0.3 is 14.6 Å². The quantitative estimate of drug-likeness (QED) is 0.553. The number of aromatic nitrogens is 4. The molecule has 1 amide bonds. The molecule has 1 saturated heterocycles. The highest BCUT2D eigenvalue weighted by Gasteiger charge is 2.31. The fourth-order valence-electron chi connectivity index (χ4n) is 4.34. The molecule has 8 nitrogen and oxygen atoms in total. The number of nitrogens with zero attached hydrogens (tertiary/aromatic N) is 4. The SMILES string of the molecule is COCCn1c(=O)n([C@@H]2CCN(C(=O)c3ccc4cc[nH]c4c3)C2)c2ncccc21. The number of hydrogen-bond acceptors (Lipinski definition) is 4. The summed E-state index contributed by atoms with van der Waals surface area (Å²) in [4.78, 5) is 35.7. The highest BCUT2D eigenvalue weighted by Crippen LogP contribution is 2.26. The van der Waals surface area contributed by atoms with E-state index in [0.717, 1.165) is 22.8 Å². The van der Waals surface area contributed by atoms with Crippen LogP contribution in [0.1, 0.15) is 22.8 Å². The minimum atomic E-state index is -0.104. The normalized spacial score (nSPS) is 16.7. The Kier molecular flexibility index (Phi) is 4.63. The van der Waals surface area contributed by atoms with Crippen molar-refractivity contribution in [2.75, 3.05) is 26.8 Å². The van der Waals surface area contributed by atoms with Crippen LogP contribution in [0.15, 0.2) is 53.6 Å². The van der Waals surface area contributed by atoms with Gasteiger partial charge in [0.25, 0.3) is 5.91 Å². The molecule has 8 heteroatoms. The predicted molar refractivity (Wildman–Crippen MR) is 114 cm³/mol. The Labute approximate surface area is 172 Å². The molecule has 1 atom stereocenters. The average Bonchev–Trinajstić information content (AvgIpc) is 3.48. The first-order valence-electron chi connectivity index (χ1n) is 10.1. The average molecular weight is 405 g/mol. The summed E-state index contributed by atoms with van der Waals surface area (Å²) in [7, 11) is 1.62. The van der Waals surface area contributed by atoms with Crippen LogP contribution in [0.2, 0.25) is 0 Å². The van der Waals surface area contributed by atoms with Crippen molar-refractivity contribution < 1.29 is 9.53 Å². The highest BCUT2D eigenvalue weighted by molar-refractivity contribution is 5.98. The minimum Gasteiger partial charge on any atom is -0.383 e. The number of amides is 1. The molecule has 1 aliphatic rings. The van der Waals surface area contributed by atoms with Gasteiger partial charge in [-0.3, -0.25) is 13.9 Å². The largest absolute Gasteiger partial charge is 0.383 e. The maximum atomic E-state index is 13.2. The topological polar surface area (TPSA) is 85.1 Å². The lowest BCUT2D eigenvalue weighted by Crippen LogP contribution is -2.32. The summed E-state index contributed by atoms with van der Waals surface area (Å²) in [5.41, 5.74) is 2.94. The zero-order chi connectivity index (χ0) is 20.7. The maximum absolute atomic E-state index is 13.2. The highest BCUT2D eigenvalue weighted by atomic mass is 16.5. The van der Waals surface area contributed by atoms with Crippen LogP contribution in [0, 0.1) is 0 Å². The van der Waals surface area contributed by atoms with Gasteiger partial charge >= 0.3 is 5.69 Å². The van der Waals surface area contributed by atoms with E-state index in [1.807, 2.05) is 47.5 Å². The Balaban J connectivity index is 1.44. The van der Waals surface area contributed by atoms with Gasteiger partial charge in [0, 0.05) is 43.7 Å². The number of hydrogen-bond donors (Lipinski definition) is 1. The molecular weight excluding hydrogens is 382 g/mol. The van der Waals surface area contributed by atoms with E-state index in [0.29, 0.717) is 37.5 Å². The van der Waals surface area contributed by atoms with Gasteiger partial charge in [0.2, 0.25) is 0 Å². The molecule has 4 aromatic rings. The standard InChI is InChI=1S/C22H23N5O3/c1-30-12-11-26-19-3-2-8-24-20(19)27(22(26)29)17-7-10-25(14-17)21(28)16-5-4-15-6-9-23-18(15)13-16/h2-6,8-9,13,17,23H,7,10-12,14H2,1H3/t17-/m1/s1. The third-order valence-corrected chi connectivity index (χ3v) is 5.86. The Morgan fingerprint density at radius 1 is 1.30 bits per heavy atom. The lowest BCUT2D eigenvalue weighted by Gasteiger charge is -2.17. The molecule has 30 heavy (non-hydrogen) atoms. The minimum absolute atomic E-state index is 0.0156. The number of methoxy groups -OCH3 is 1. The molecule has 1 aliphatic heterocycles. The number of fused-ring (bicyclic) bond motifs is 2. The summed E-state index contributed by atoms with van der Waals surface area (Å²) < 4.78 is 8.61. The van der Waals surface area contributed by atoms with E-state index in [4.69, 9.17) is 4.74 Å². The van der Waals surface area contributed by atoms with Crippen LogP contribution in [-0.4, -0.2) is 56.7 Å². The molecule has 154 valence electrons. The Bertz CT molecular complexity index is 1280. The van der Waals surface area contributed by atoms with Crippen LogP contribution in [0.4, 0.5) is 0 Å². The van der Waals surface area contributed by atoms with Crippen molar-refractivity contribution in [3.8, 4) is 0 Å². The molecule has 0 unspecified atom stereocenters. The fraction of sp³-hybridized carbons (Fsp3) is 0.318. The molecule has 4 heterocycles. The van der Waals surface area contributed by atoms with E-state index >= 15 is 0 Å². The molecule has 0 bridgehead atoms. The number of ether oxygens (including phenoxy) is 1. The summed E-state index contributed by atoms with van der Waals surface area (Å²) in [6.45, 7) is 2.01. The first kappa shape index (κ1) is 18.6. The Hall–Kier alpha value is -3.39. The Morgan fingerprint density at radius 3 is 3.07 bits per heavy atom. The van der Waals surface area contributed by atoms with Crippen LogP contribution in [0.5, 0.6) is 0 Å². The monoisotopic (exact) mass is 405 g/mol. The van der Waals surface area contributed by atoms with E-state index in [-0.39, 0.29) is 17.6 Å². The van der Waals surface area contributed by atoms with E-state index in [1.54, 1.807) is 22.4 Å². The first-order chi connectivity index (χ1) is 14.7. The molecule has 3 aromatic heterocycles. The van der Waals surface area contributed by atoms with Crippen molar-refractivity contribution >= 4 is 28.0 Å². The van der Waals surface area contributed by atoms with Gasteiger partial charge in [0.1, 0.15) is 0 Å². The van der Waals surface area contributed by atoms with E-state index in [9.17, 15) is 9.59 Å². The molecular formula is C22H23N5O3. The number of carbonyl (C=O) groups excluding carboxylic acids is 1. The zero-order valence-corrected chi connectivity index (χ0v) is 16.7. The van der Waals surface area contributed by atoms with Gasteiger partial charge in [-0.25, -0.2) is 9.78 Å². The first-order valence-corrected chi connectivity index (χ1v) is 10.1. The number of pyridine rings is 1. The molecule has 1 aromatic carbocycles. The molecule has 0 spiro atoms. The number of H-pyrrole nitrogens is 1. The van der Waals surface area contributed by atoms with Crippen molar-refractivity contribution in [2.24, 2.45) is 0 Å². The van der Waals surface area contributed by atoms with Crippen LogP contribution >= 0.6 is 0 Å². The van der Waals surface area contributed by atoms with Gasteiger partial charge in [0.15, 0.2) is 5.65 Å². The second kappa shape index (κ2) is 7.46. The molecule has 0 aliphatic carbocycles. The van der Waals surface area contributed by atoms with Crippen molar-refractivity contribution in [3.05, 3.63) is 64.8 Å². The van der Waals surface area contributed by atoms with Crippen LogP contribution in [-0.2, 0) is 11.3 Å². The summed E-state index contributed by atoms with van der Waals surface area (Å²) in [5.74, 6) is -0.0156. The Morgan fingerprint density at radius 2 is 2.20 bits per heavy atom. The van der Waals surface area contributed by atoms with Gasteiger partial charge in [0.05, 0.1) is 24.7 Å². The van der Waals surface area contributed by atoms with Crippen LogP contribution in [0.3, 0.4) is 0 Å². The van der Waals surface area contributed by atoms with Crippen molar-refractivity contribution in [2.45, 2.75) is 19.0 Å². The summed E-state index contributed by atoms with van der Waals surface area (Å²) in [6, 6.07) is 11.3. The number of nitrogens with one attached hydrogen (secondary N) is 1. The number of carbonyl (C=O) groups is 1. The second-order valence-corrected chi connectivity index (χ2v) is 7.62. The third-order valence-electron chi connectivity index (χ3n) is 5.86. The molecule has 5 rings (SSSR count). The molecule has 0 saturated carbocycles. The lowest BCUT2D eigenvalue weighted by atomic mass is 10.1. The maximum Gasteiger partial charge on any atom is 0.330 e. The van der Waals surface area contributed by atoms with E-state index in [2.05, 4.69) is 9.97 Å². The number of imidazole rings is 1. The van der Waals surface area contributed by atoms with Gasteiger partial charge in [-0.05, 0) is 42.1 Å². The summed E-state index contributed by atoms with van der Waals surface area (Å²) in [5, 5.41) is 1.08. The molecule has 0 radical (unpaired) electrons. The zero-order valence-electron chi connectivity index (χ0n) is 16.7. The van der Waals surface area contributed by atoms with Crippen molar-refractivity contribution in [1.82, 2.24) is 24.0 Å². The molecule has 1 N–H and O–H groups in total. The third kappa shape index (κ3) is 3.00. The van der Waals surface area contributed by atoms with Crippen LogP contribution in [0.25, 0.3) is 22.1 Å². The summed E-state index contributed by atoms with van der Waals surface area (Å²) in [6.07, 6.45) is 4.28. The fourth-order valence-corrected chi connectivity index (χ4v) is 4.34. The van der Waals surface area contributed by atoms with Gasteiger partial charge in [-0.15, -0.1) is 0 Å². The number of likely N-dealkylation sites (tertiary alicyclic amines) is 1. The predicted octanol–water partition coefficient (Wildman–Crippen LogP) is 2.41.